The van der Waals surface area contributed by atoms with Crippen molar-refractivity contribution < 1.29 is 4.79 Å². The molecule has 1 saturated carbocycles. The highest BCUT2D eigenvalue weighted by Gasteiger charge is 2.21. The van der Waals surface area contributed by atoms with Crippen molar-refractivity contribution in [3.8, 4) is 0 Å². The highest BCUT2D eigenvalue weighted by Crippen LogP contribution is 2.19. The predicted octanol–water partition coefficient (Wildman–Crippen LogP) is 5.14. The summed E-state index contributed by atoms with van der Waals surface area (Å²) in [6.45, 7) is 2.85. The van der Waals surface area contributed by atoms with Gasteiger partial charge in [0.1, 0.15) is 0 Å². The first-order valence-corrected chi connectivity index (χ1v) is 11.4. The van der Waals surface area contributed by atoms with E-state index >= 15 is 0 Å². The van der Waals surface area contributed by atoms with Crippen LogP contribution in [0.15, 0.2) is 59.4 Å². The lowest BCUT2D eigenvalue weighted by molar-refractivity contribution is 0.184. The summed E-state index contributed by atoms with van der Waals surface area (Å²) in [5.41, 5.74) is 3.57. The van der Waals surface area contributed by atoms with Crippen LogP contribution in [0.1, 0.15) is 55.7 Å². The zero-order valence-electron chi connectivity index (χ0n) is 18.2. The molecule has 2 aromatic carbocycles. The first-order valence-electron chi connectivity index (χ1n) is 11.4. The van der Waals surface area contributed by atoms with Gasteiger partial charge in [-0.2, -0.15) is 0 Å². The first-order chi connectivity index (χ1) is 15.1. The Labute approximate surface area is 183 Å². The van der Waals surface area contributed by atoms with Crippen molar-refractivity contribution in [1.29, 1.82) is 0 Å². The molecule has 31 heavy (non-hydrogen) atoms. The second-order valence-corrected chi connectivity index (χ2v) is 8.52. The van der Waals surface area contributed by atoms with Crippen molar-refractivity contribution >= 4 is 16.9 Å². The number of hydrogen-bond donors (Lipinski definition) is 2. The van der Waals surface area contributed by atoms with Gasteiger partial charge in [-0.05, 0) is 54.0 Å². The summed E-state index contributed by atoms with van der Waals surface area (Å²) < 4.78 is 0. The van der Waals surface area contributed by atoms with Crippen molar-refractivity contribution in [2.45, 2.75) is 64.6 Å². The molecule has 5 nitrogen and oxygen atoms in total. The minimum absolute atomic E-state index is 0.0995. The van der Waals surface area contributed by atoms with E-state index in [9.17, 15) is 9.59 Å². The van der Waals surface area contributed by atoms with Gasteiger partial charge in [-0.15, -0.1) is 0 Å². The monoisotopic (exact) mass is 417 g/mol. The normalized spacial score (nSPS) is 14.5. The van der Waals surface area contributed by atoms with Gasteiger partial charge in [0, 0.05) is 23.7 Å². The minimum Gasteiger partial charge on any atom is -0.335 e. The van der Waals surface area contributed by atoms with Gasteiger partial charge in [0.25, 0.3) is 5.56 Å². The Bertz CT molecular complexity index is 1080. The van der Waals surface area contributed by atoms with Gasteiger partial charge in [0.05, 0.1) is 6.54 Å². The average Bonchev–Trinajstić information content (AvgIpc) is 2.80. The Morgan fingerprint density at radius 3 is 2.52 bits per heavy atom. The van der Waals surface area contributed by atoms with Crippen molar-refractivity contribution in [3.05, 3.63) is 81.6 Å². The number of amides is 2. The van der Waals surface area contributed by atoms with Gasteiger partial charge < -0.3 is 15.2 Å². The third kappa shape index (κ3) is 5.35. The molecule has 1 fully saturated rings. The predicted molar refractivity (Wildman–Crippen MR) is 125 cm³/mol. The van der Waals surface area contributed by atoms with Crippen LogP contribution in [-0.4, -0.2) is 22.0 Å². The number of fused-ring (bicyclic) bond motifs is 1. The number of aromatic nitrogens is 1. The van der Waals surface area contributed by atoms with E-state index in [0.717, 1.165) is 48.6 Å². The smallest absolute Gasteiger partial charge is 0.318 e. The summed E-state index contributed by atoms with van der Waals surface area (Å²) in [4.78, 5) is 30.7. The molecule has 0 radical (unpaired) electrons. The second kappa shape index (κ2) is 9.82. The lowest BCUT2D eigenvalue weighted by Gasteiger charge is -2.28. The number of carbonyl (C=O) groups is 1. The van der Waals surface area contributed by atoms with Gasteiger partial charge >= 0.3 is 6.03 Å². The fraction of sp³-hybridized carbons (Fsp3) is 0.385. The summed E-state index contributed by atoms with van der Waals surface area (Å²) in [5, 5.41) is 4.21. The largest absolute Gasteiger partial charge is 0.335 e. The number of carbonyl (C=O) groups excluding carboxylic acids is 1. The molecule has 5 heteroatoms. The molecule has 4 rings (SSSR count). The quantitative estimate of drug-likeness (QED) is 0.584. The molecule has 1 heterocycles. The SMILES string of the molecule is CCc1ccc2[nH]c(=O)c(CN(Cc3ccccc3)C(=O)NC3CCCCC3)cc2c1. The molecule has 162 valence electrons. The van der Waals surface area contributed by atoms with Crippen molar-refractivity contribution in [1.82, 2.24) is 15.2 Å². The van der Waals surface area contributed by atoms with Crippen LogP contribution in [-0.2, 0) is 19.5 Å². The Kier molecular flexibility index (Phi) is 6.70. The highest BCUT2D eigenvalue weighted by atomic mass is 16.2. The third-order valence-corrected chi connectivity index (χ3v) is 6.19. The lowest BCUT2D eigenvalue weighted by Crippen LogP contribution is -2.45. The van der Waals surface area contributed by atoms with E-state index < -0.39 is 0 Å². The van der Waals surface area contributed by atoms with Crippen molar-refractivity contribution in [2.24, 2.45) is 0 Å². The van der Waals surface area contributed by atoms with Crippen molar-refractivity contribution in [2.75, 3.05) is 0 Å². The molecule has 0 bridgehead atoms. The maximum Gasteiger partial charge on any atom is 0.318 e. The fourth-order valence-electron chi connectivity index (χ4n) is 4.36. The molecule has 0 saturated heterocycles. The summed E-state index contributed by atoms with van der Waals surface area (Å²) in [5.74, 6) is 0. The number of pyridine rings is 1. The summed E-state index contributed by atoms with van der Waals surface area (Å²) in [6, 6.07) is 18.1. The van der Waals surface area contributed by atoms with E-state index in [1.54, 1.807) is 4.90 Å². The maximum atomic E-state index is 13.2. The second-order valence-electron chi connectivity index (χ2n) is 8.52. The number of nitrogens with zero attached hydrogens (tertiary/aromatic N) is 1. The number of aromatic amines is 1. The van der Waals surface area contributed by atoms with Crippen LogP contribution in [0.5, 0.6) is 0 Å². The average molecular weight is 418 g/mol. The molecule has 0 atom stereocenters. The van der Waals surface area contributed by atoms with E-state index in [-0.39, 0.29) is 24.2 Å². The summed E-state index contributed by atoms with van der Waals surface area (Å²) >= 11 is 0. The van der Waals surface area contributed by atoms with Crippen LogP contribution in [0.3, 0.4) is 0 Å². The summed E-state index contributed by atoms with van der Waals surface area (Å²) in [6.07, 6.45) is 6.56. The number of urea groups is 1. The van der Waals surface area contributed by atoms with E-state index in [0.29, 0.717) is 12.1 Å². The van der Waals surface area contributed by atoms with Gasteiger partial charge in [-0.3, -0.25) is 4.79 Å². The zero-order valence-corrected chi connectivity index (χ0v) is 18.2. The molecule has 0 spiro atoms. The molecular weight excluding hydrogens is 386 g/mol. The van der Waals surface area contributed by atoms with Crippen LogP contribution in [0.4, 0.5) is 4.79 Å². The minimum atomic E-state index is -0.139. The molecule has 2 N–H and O–H groups in total. The van der Waals surface area contributed by atoms with E-state index in [2.05, 4.69) is 23.3 Å². The molecular formula is C26H31N3O2. The van der Waals surface area contributed by atoms with E-state index in [4.69, 9.17) is 0 Å². The van der Waals surface area contributed by atoms with Crippen LogP contribution in [0, 0.1) is 0 Å². The van der Waals surface area contributed by atoms with Crippen LogP contribution in [0.25, 0.3) is 10.9 Å². The Hall–Kier alpha value is -3.08. The molecule has 3 aromatic rings. The number of rotatable bonds is 6. The van der Waals surface area contributed by atoms with Gasteiger partial charge in [0.2, 0.25) is 0 Å². The first kappa shape index (κ1) is 21.2. The lowest BCUT2D eigenvalue weighted by atomic mass is 9.96. The summed E-state index contributed by atoms with van der Waals surface area (Å²) in [7, 11) is 0. The molecule has 1 aromatic heterocycles. The molecule has 1 aliphatic rings. The van der Waals surface area contributed by atoms with Crippen LogP contribution >= 0.6 is 0 Å². The number of aryl methyl sites for hydroxylation is 1. The Balaban J connectivity index is 1.60. The standard InChI is InChI=1S/C26H31N3O2/c1-2-19-13-14-24-21(15-19)16-22(25(30)28-24)18-29(17-20-9-5-3-6-10-20)26(31)27-23-11-7-4-8-12-23/h3,5-6,9-10,13-16,23H,2,4,7-8,11-12,17-18H2,1H3,(H,27,31)(H,28,30). The zero-order chi connectivity index (χ0) is 21.6. The third-order valence-electron chi connectivity index (χ3n) is 6.19. The molecule has 0 unspecified atom stereocenters. The maximum absolute atomic E-state index is 13.2. The van der Waals surface area contributed by atoms with Crippen LogP contribution < -0.4 is 10.9 Å². The molecule has 2 amide bonds. The molecule has 1 aliphatic carbocycles. The topological polar surface area (TPSA) is 65.2 Å². The highest BCUT2D eigenvalue weighted by molar-refractivity contribution is 5.80. The van der Waals surface area contributed by atoms with Gasteiger partial charge in [-0.1, -0.05) is 62.6 Å². The number of nitrogens with one attached hydrogen (secondary N) is 2. The van der Waals surface area contributed by atoms with Gasteiger partial charge in [-0.25, -0.2) is 4.79 Å². The number of H-pyrrole nitrogens is 1. The Morgan fingerprint density at radius 2 is 1.77 bits per heavy atom. The number of benzene rings is 2. The fourth-order valence-corrected chi connectivity index (χ4v) is 4.36. The van der Waals surface area contributed by atoms with Crippen molar-refractivity contribution in [3.63, 3.8) is 0 Å². The number of hydrogen-bond acceptors (Lipinski definition) is 2. The molecule has 0 aliphatic heterocycles. The van der Waals surface area contributed by atoms with Crippen LogP contribution in [0.2, 0.25) is 0 Å². The Morgan fingerprint density at radius 1 is 1.00 bits per heavy atom. The van der Waals surface area contributed by atoms with E-state index in [1.165, 1.54) is 12.0 Å². The van der Waals surface area contributed by atoms with Gasteiger partial charge in [0.15, 0.2) is 0 Å². The van der Waals surface area contributed by atoms with E-state index in [1.807, 2.05) is 48.5 Å².